The molecule has 152 valence electrons. The molecule has 1 unspecified atom stereocenters. The number of carbonyl (C=O) groups excluding carboxylic acids is 1. The molecule has 0 bridgehead atoms. The van der Waals surface area contributed by atoms with Crippen LogP contribution in [0, 0.1) is 6.92 Å². The fourth-order valence-electron chi connectivity index (χ4n) is 3.83. The van der Waals surface area contributed by atoms with Crippen LogP contribution in [0.25, 0.3) is 0 Å². The summed E-state index contributed by atoms with van der Waals surface area (Å²) in [6, 6.07) is 7.91. The molecule has 3 heterocycles. The lowest BCUT2D eigenvalue weighted by atomic mass is 9.98. The molecular formula is C22H26N4O3. The van der Waals surface area contributed by atoms with Gasteiger partial charge in [-0.25, -0.2) is 4.98 Å². The van der Waals surface area contributed by atoms with Crippen LogP contribution in [0.15, 0.2) is 47.3 Å². The minimum absolute atomic E-state index is 0.0820. The number of likely N-dealkylation sites (tertiary alicyclic amines) is 1. The molecule has 0 N–H and O–H groups in total. The SMILES string of the molecule is COc1ccccc1Cc1cnc(C2CCCN(C(=O)Cn3cc(C)cn3)C2)o1. The van der Waals surface area contributed by atoms with Gasteiger partial charge < -0.3 is 14.1 Å². The largest absolute Gasteiger partial charge is 0.496 e. The predicted octanol–water partition coefficient (Wildman–Crippen LogP) is 3.19. The molecule has 1 amide bonds. The summed E-state index contributed by atoms with van der Waals surface area (Å²) in [7, 11) is 1.67. The van der Waals surface area contributed by atoms with E-state index >= 15 is 0 Å². The second-order valence-electron chi connectivity index (χ2n) is 7.55. The van der Waals surface area contributed by atoms with E-state index in [0.29, 0.717) is 18.9 Å². The molecule has 1 atom stereocenters. The molecule has 2 aromatic heterocycles. The second-order valence-corrected chi connectivity index (χ2v) is 7.55. The molecule has 1 aromatic carbocycles. The first-order valence-electron chi connectivity index (χ1n) is 9.95. The Balaban J connectivity index is 1.40. The summed E-state index contributed by atoms with van der Waals surface area (Å²) in [4.78, 5) is 19.1. The Hall–Kier alpha value is -3.09. The maximum absolute atomic E-state index is 12.7. The summed E-state index contributed by atoms with van der Waals surface area (Å²) >= 11 is 0. The minimum atomic E-state index is 0.0820. The van der Waals surface area contributed by atoms with Crippen molar-refractivity contribution in [2.24, 2.45) is 0 Å². The van der Waals surface area contributed by atoms with Gasteiger partial charge in [0, 0.05) is 31.3 Å². The van der Waals surface area contributed by atoms with Crippen LogP contribution in [0.3, 0.4) is 0 Å². The van der Waals surface area contributed by atoms with E-state index in [9.17, 15) is 4.79 Å². The van der Waals surface area contributed by atoms with Crippen molar-refractivity contribution >= 4 is 5.91 Å². The van der Waals surface area contributed by atoms with Gasteiger partial charge in [-0.2, -0.15) is 5.10 Å². The first kappa shape index (κ1) is 19.2. The number of oxazole rings is 1. The van der Waals surface area contributed by atoms with E-state index < -0.39 is 0 Å². The Morgan fingerprint density at radius 3 is 2.97 bits per heavy atom. The molecule has 7 heteroatoms. The summed E-state index contributed by atoms with van der Waals surface area (Å²) in [5.41, 5.74) is 2.12. The molecule has 7 nitrogen and oxygen atoms in total. The number of ether oxygens (including phenoxy) is 1. The van der Waals surface area contributed by atoms with Crippen molar-refractivity contribution < 1.29 is 13.9 Å². The lowest BCUT2D eigenvalue weighted by Crippen LogP contribution is -2.41. The Morgan fingerprint density at radius 1 is 1.31 bits per heavy atom. The highest BCUT2D eigenvalue weighted by Crippen LogP contribution is 2.28. The second kappa shape index (κ2) is 8.51. The number of piperidine rings is 1. The van der Waals surface area contributed by atoms with Gasteiger partial charge in [-0.05, 0) is 31.4 Å². The van der Waals surface area contributed by atoms with Gasteiger partial charge in [0.1, 0.15) is 18.1 Å². The lowest BCUT2D eigenvalue weighted by molar-refractivity contribution is -0.133. The highest BCUT2D eigenvalue weighted by molar-refractivity contribution is 5.76. The number of amides is 1. The van der Waals surface area contributed by atoms with Crippen molar-refractivity contribution in [3.8, 4) is 5.75 Å². The maximum Gasteiger partial charge on any atom is 0.244 e. The highest BCUT2D eigenvalue weighted by Gasteiger charge is 2.28. The summed E-state index contributed by atoms with van der Waals surface area (Å²) in [6.45, 7) is 3.64. The molecule has 1 aliphatic heterocycles. The Bertz CT molecular complexity index is 978. The van der Waals surface area contributed by atoms with Gasteiger partial charge in [-0.15, -0.1) is 0 Å². The molecule has 29 heavy (non-hydrogen) atoms. The molecule has 4 rings (SSSR count). The van der Waals surface area contributed by atoms with Crippen molar-refractivity contribution in [3.05, 3.63) is 65.6 Å². The molecule has 1 saturated heterocycles. The molecule has 0 aliphatic carbocycles. The molecule has 0 spiro atoms. The standard InChI is InChI=1S/C22H26N4O3/c1-16-11-24-26(13-16)15-21(27)25-9-5-7-18(14-25)22-23-12-19(29-22)10-17-6-3-4-8-20(17)28-2/h3-4,6,8,11-13,18H,5,7,9-10,14-15H2,1-2H3. The van der Waals surface area contributed by atoms with Crippen molar-refractivity contribution in [1.29, 1.82) is 0 Å². The quantitative estimate of drug-likeness (QED) is 0.642. The molecule has 1 aliphatic rings. The molecule has 1 fully saturated rings. The molecular weight excluding hydrogens is 368 g/mol. The summed E-state index contributed by atoms with van der Waals surface area (Å²) in [6.07, 6.45) is 7.98. The summed E-state index contributed by atoms with van der Waals surface area (Å²) < 4.78 is 13.2. The molecule has 0 radical (unpaired) electrons. The third-order valence-corrected chi connectivity index (χ3v) is 5.31. The number of carbonyl (C=O) groups is 1. The zero-order valence-corrected chi connectivity index (χ0v) is 16.9. The normalized spacial score (nSPS) is 16.8. The van der Waals surface area contributed by atoms with Gasteiger partial charge in [-0.3, -0.25) is 9.48 Å². The maximum atomic E-state index is 12.7. The fraction of sp³-hybridized carbons (Fsp3) is 0.409. The summed E-state index contributed by atoms with van der Waals surface area (Å²) in [5, 5.41) is 4.21. The van der Waals surface area contributed by atoms with E-state index in [2.05, 4.69) is 10.1 Å². The number of methoxy groups -OCH3 is 1. The average Bonchev–Trinajstić information content (AvgIpc) is 3.37. The van der Waals surface area contributed by atoms with E-state index in [-0.39, 0.29) is 18.4 Å². The van der Waals surface area contributed by atoms with Gasteiger partial charge in [0.15, 0.2) is 5.89 Å². The third-order valence-electron chi connectivity index (χ3n) is 5.31. The van der Waals surface area contributed by atoms with Crippen LogP contribution < -0.4 is 4.74 Å². The monoisotopic (exact) mass is 394 g/mol. The minimum Gasteiger partial charge on any atom is -0.496 e. The zero-order valence-electron chi connectivity index (χ0n) is 16.9. The first-order chi connectivity index (χ1) is 14.1. The first-order valence-corrected chi connectivity index (χ1v) is 9.95. The number of hydrogen-bond donors (Lipinski definition) is 0. The van der Waals surface area contributed by atoms with Gasteiger partial charge >= 0.3 is 0 Å². The van der Waals surface area contributed by atoms with E-state index in [4.69, 9.17) is 9.15 Å². The number of hydrogen-bond acceptors (Lipinski definition) is 5. The number of rotatable bonds is 6. The number of aryl methyl sites for hydroxylation is 1. The number of para-hydroxylation sites is 1. The lowest BCUT2D eigenvalue weighted by Gasteiger charge is -2.31. The predicted molar refractivity (Wildman–Crippen MR) is 108 cm³/mol. The Kier molecular flexibility index (Phi) is 5.64. The van der Waals surface area contributed by atoms with Gasteiger partial charge in [0.25, 0.3) is 0 Å². The third kappa shape index (κ3) is 4.50. The van der Waals surface area contributed by atoms with Crippen LogP contribution in [0.2, 0.25) is 0 Å². The fourth-order valence-corrected chi connectivity index (χ4v) is 3.83. The molecule has 0 saturated carbocycles. The Morgan fingerprint density at radius 2 is 2.17 bits per heavy atom. The van der Waals surface area contributed by atoms with Crippen LogP contribution in [0.1, 0.15) is 41.5 Å². The van der Waals surface area contributed by atoms with Gasteiger partial charge in [-0.1, -0.05) is 18.2 Å². The average molecular weight is 394 g/mol. The summed E-state index contributed by atoms with van der Waals surface area (Å²) in [5.74, 6) is 2.56. The van der Waals surface area contributed by atoms with Crippen molar-refractivity contribution in [2.45, 2.75) is 38.6 Å². The number of nitrogens with zero attached hydrogens (tertiary/aromatic N) is 4. The molecule has 3 aromatic rings. The highest BCUT2D eigenvalue weighted by atomic mass is 16.5. The smallest absolute Gasteiger partial charge is 0.244 e. The van der Waals surface area contributed by atoms with Gasteiger partial charge in [0.05, 0.1) is 25.4 Å². The van der Waals surface area contributed by atoms with E-state index in [1.54, 1.807) is 24.2 Å². The van der Waals surface area contributed by atoms with Gasteiger partial charge in [0.2, 0.25) is 5.91 Å². The Labute approximate surface area is 170 Å². The number of aromatic nitrogens is 3. The van der Waals surface area contributed by atoms with Crippen LogP contribution in [0.4, 0.5) is 0 Å². The topological polar surface area (TPSA) is 73.4 Å². The van der Waals surface area contributed by atoms with Crippen molar-refractivity contribution in [1.82, 2.24) is 19.7 Å². The number of benzene rings is 1. The zero-order chi connectivity index (χ0) is 20.2. The van der Waals surface area contributed by atoms with Crippen LogP contribution in [-0.4, -0.2) is 45.8 Å². The van der Waals surface area contributed by atoms with Crippen molar-refractivity contribution in [3.63, 3.8) is 0 Å². The van der Waals surface area contributed by atoms with Crippen LogP contribution in [-0.2, 0) is 17.8 Å². The van der Waals surface area contributed by atoms with E-state index in [1.807, 2.05) is 42.3 Å². The van der Waals surface area contributed by atoms with Crippen LogP contribution in [0.5, 0.6) is 5.75 Å². The van der Waals surface area contributed by atoms with Crippen molar-refractivity contribution in [2.75, 3.05) is 20.2 Å². The van der Waals surface area contributed by atoms with E-state index in [1.165, 1.54) is 0 Å². The van der Waals surface area contributed by atoms with Crippen LogP contribution >= 0.6 is 0 Å². The van der Waals surface area contributed by atoms with E-state index in [0.717, 1.165) is 42.0 Å².